The number of anilines is 3. The maximum atomic E-state index is 6.48. The molecule has 0 radical (unpaired) electrons. The smallest absolute Gasteiger partial charge is 0.210 e. The molecule has 12 aromatic rings. The second-order valence-corrected chi connectivity index (χ2v) is 17.6. The molecule has 13 rings (SSSR count). The Morgan fingerprint density at radius 3 is 1.78 bits per heavy atom. The van der Waals surface area contributed by atoms with Crippen LogP contribution in [0.25, 0.3) is 70.1 Å². The van der Waals surface area contributed by atoms with Crippen molar-refractivity contribution in [2.45, 2.75) is 5.41 Å². The Kier molecular flexibility index (Phi) is 8.30. The molecule has 0 amide bonds. The second-order valence-electron chi connectivity index (χ2n) is 16.6. The molecule has 0 spiro atoms. The average molecular weight is 836 g/mol. The van der Waals surface area contributed by atoms with Gasteiger partial charge in [-0.1, -0.05) is 176 Å². The van der Waals surface area contributed by atoms with Crippen LogP contribution in [0.15, 0.2) is 241 Å². The molecular weight excluding hydrogens is 797 g/mol. The topological polar surface area (TPSA) is 20.3 Å². The number of aromatic nitrogens is 1. The third-order valence-corrected chi connectivity index (χ3v) is 14.5. The lowest BCUT2D eigenvalue weighted by Crippen LogP contribution is -2.29. The molecule has 9 aromatic carbocycles. The summed E-state index contributed by atoms with van der Waals surface area (Å²) in [7, 11) is 0. The van der Waals surface area contributed by atoms with E-state index in [4.69, 9.17) is 4.42 Å². The molecule has 300 valence electrons. The van der Waals surface area contributed by atoms with Gasteiger partial charge < -0.3 is 9.32 Å². The van der Waals surface area contributed by atoms with E-state index in [1.54, 1.807) is 0 Å². The molecule has 4 heteroatoms. The van der Waals surface area contributed by atoms with E-state index >= 15 is 0 Å². The molecule has 0 unspecified atom stereocenters. The minimum atomic E-state index is -0.458. The molecule has 0 fully saturated rings. The van der Waals surface area contributed by atoms with E-state index in [9.17, 15) is 0 Å². The Bertz CT molecular complexity index is 3670. The molecule has 64 heavy (non-hydrogen) atoms. The van der Waals surface area contributed by atoms with Crippen LogP contribution >= 0.6 is 11.3 Å². The van der Waals surface area contributed by atoms with Crippen molar-refractivity contribution in [2.75, 3.05) is 4.90 Å². The SMILES string of the molecule is c1ccc(-[n+]2ccc(N(c3ccc(-c4cccc5c4oc4ccccc45)cc3)c3cccc4c3sc3c5c(ccc34)C(c3ccccc3)(c3ccccc3)c3ccccc3-5)cc2)cc1. The van der Waals surface area contributed by atoms with Crippen molar-refractivity contribution in [1.29, 1.82) is 0 Å². The zero-order chi connectivity index (χ0) is 42.2. The first-order valence-corrected chi connectivity index (χ1v) is 22.6. The van der Waals surface area contributed by atoms with E-state index in [2.05, 4.69) is 234 Å². The van der Waals surface area contributed by atoms with Gasteiger partial charge in [0.1, 0.15) is 11.2 Å². The summed E-state index contributed by atoms with van der Waals surface area (Å²) >= 11 is 1.91. The van der Waals surface area contributed by atoms with Crippen LogP contribution in [0.1, 0.15) is 22.3 Å². The molecule has 0 saturated heterocycles. The van der Waals surface area contributed by atoms with Gasteiger partial charge in [0.05, 0.1) is 21.5 Å². The van der Waals surface area contributed by atoms with E-state index < -0.39 is 5.41 Å². The molecule has 3 aromatic heterocycles. The molecule has 1 aliphatic carbocycles. The highest BCUT2D eigenvalue weighted by Crippen LogP contribution is 2.59. The van der Waals surface area contributed by atoms with Gasteiger partial charge in [0.15, 0.2) is 12.4 Å². The third kappa shape index (κ3) is 5.43. The Balaban J connectivity index is 1.02. The standard InChI is InChI=1S/C60H39N2OS/c1-4-16-41(17-5-1)60(42-18-6-2-7-19-42)52-27-12-10-23-51(52)56-53(60)35-34-50-49-26-15-28-54(58(49)64-59(50)56)62(45-36-38-61(39-37-45)43-20-8-3-9-21-43)44-32-30-40(31-33-44)46-24-14-25-48-47-22-11-13-29-55(47)63-57(46)48/h1-39H/q+1. The van der Waals surface area contributed by atoms with Crippen LogP contribution in [-0.2, 0) is 5.41 Å². The van der Waals surface area contributed by atoms with Crippen molar-refractivity contribution < 1.29 is 8.98 Å². The number of hydrogen-bond donors (Lipinski definition) is 0. The van der Waals surface area contributed by atoms with Crippen LogP contribution in [-0.4, -0.2) is 0 Å². The molecule has 0 N–H and O–H groups in total. The van der Waals surface area contributed by atoms with Gasteiger partial charge in [-0.25, -0.2) is 0 Å². The van der Waals surface area contributed by atoms with Crippen LogP contribution < -0.4 is 9.47 Å². The molecule has 0 saturated carbocycles. The Morgan fingerprint density at radius 1 is 0.422 bits per heavy atom. The van der Waals surface area contributed by atoms with Crippen molar-refractivity contribution >= 4 is 70.5 Å². The van der Waals surface area contributed by atoms with Crippen molar-refractivity contribution in [3.05, 3.63) is 259 Å². The summed E-state index contributed by atoms with van der Waals surface area (Å²) in [4.78, 5) is 2.42. The fraction of sp³-hybridized carbons (Fsp3) is 0.0167. The van der Waals surface area contributed by atoms with Gasteiger partial charge in [0, 0.05) is 67.3 Å². The Hall–Kier alpha value is -8.05. The van der Waals surface area contributed by atoms with Crippen LogP contribution in [0, 0.1) is 0 Å². The van der Waals surface area contributed by atoms with Crippen molar-refractivity contribution in [2.24, 2.45) is 0 Å². The summed E-state index contributed by atoms with van der Waals surface area (Å²) in [6.07, 6.45) is 4.33. The van der Waals surface area contributed by atoms with Crippen molar-refractivity contribution in [3.63, 3.8) is 0 Å². The number of furan rings is 1. The number of fused-ring (bicyclic) bond motifs is 10. The van der Waals surface area contributed by atoms with Gasteiger partial charge in [-0.15, -0.1) is 11.3 Å². The fourth-order valence-electron chi connectivity index (χ4n) is 10.5. The Morgan fingerprint density at radius 2 is 1.02 bits per heavy atom. The lowest BCUT2D eigenvalue weighted by molar-refractivity contribution is -0.595. The largest absolute Gasteiger partial charge is 0.455 e. The van der Waals surface area contributed by atoms with E-state index in [-0.39, 0.29) is 0 Å². The fourth-order valence-corrected chi connectivity index (χ4v) is 11.8. The third-order valence-electron chi connectivity index (χ3n) is 13.3. The number of hydrogen-bond acceptors (Lipinski definition) is 3. The molecule has 1 aliphatic rings. The minimum absolute atomic E-state index is 0.458. The molecule has 0 bridgehead atoms. The maximum absolute atomic E-state index is 6.48. The van der Waals surface area contributed by atoms with E-state index in [0.29, 0.717) is 0 Å². The molecule has 0 atom stereocenters. The van der Waals surface area contributed by atoms with Gasteiger partial charge in [0.2, 0.25) is 5.69 Å². The summed E-state index contributed by atoms with van der Waals surface area (Å²) in [5.74, 6) is 0. The zero-order valence-electron chi connectivity index (χ0n) is 34.7. The average Bonchev–Trinajstić information content (AvgIpc) is 4.04. The molecule has 0 aliphatic heterocycles. The first-order chi connectivity index (χ1) is 31.8. The first-order valence-electron chi connectivity index (χ1n) is 21.8. The number of pyridine rings is 1. The summed E-state index contributed by atoms with van der Waals surface area (Å²) in [6, 6.07) is 81.5. The molecule has 3 nitrogen and oxygen atoms in total. The number of benzene rings is 9. The summed E-state index contributed by atoms with van der Waals surface area (Å²) in [6.45, 7) is 0. The number of thiophene rings is 1. The van der Waals surface area contributed by atoms with Gasteiger partial charge in [-0.05, 0) is 57.6 Å². The zero-order valence-corrected chi connectivity index (χ0v) is 35.5. The second kappa shape index (κ2) is 14.5. The molecule has 3 heterocycles. The predicted octanol–water partition coefficient (Wildman–Crippen LogP) is 15.7. The van der Waals surface area contributed by atoms with Crippen LogP contribution in [0.5, 0.6) is 0 Å². The number of nitrogens with zero attached hydrogens (tertiary/aromatic N) is 2. The number of rotatable bonds is 7. The maximum Gasteiger partial charge on any atom is 0.210 e. The molecular formula is C60H39N2OS+. The quantitative estimate of drug-likeness (QED) is 0.149. The monoisotopic (exact) mass is 835 g/mol. The van der Waals surface area contributed by atoms with Crippen LogP contribution in [0.4, 0.5) is 17.1 Å². The van der Waals surface area contributed by atoms with Crippen LogP contribution in [0.3, 0.4) is 0 Å². The summed E-state index contributed by atoms with van der Waals surface area (Å²) < 4.78 is 11.2. The summed E-state index contributed by atoms with van der Waals surface area (Å²) in [5, 5.41) is 4.79. The Labute approximate surface area is 375 Å². The van der Waals surface area contributed by atoms with Gasteiger partial charge in [-0.2, -0.15) is 4.57 Å². The first kappa shape index (κ1) is 36.6. The highest BCUT2D eigenvalue weighted by molar-refractivity contribution is 7.27. The minimum Gasteiger partial charge on any atom is -0.455 e. The lowest BCUT2D eigenvalue weighted by atomic mass is 9.68. The predicted molar refractivity (Wildman–Crippen MR) is 266 cm³/mol. The van der Waals surface area contributed by atoms with Gasteiger partial charge in [-0.3, -0.25) is 0 Å². The van der Waals surface area contributed by atoms with E-state index in [1.165, 1.54) is 53.6 Å². The van der Waals surface area contributed by atoms with E-state index in [0.717, 1.165) is 55.8 Å². The highest BCUT2D eigenvalue weighted by atomic mass is 32.1. The van der Waals surface area contributed by atoms with Crippen molar-refractivity contribution in [3.8, 4) is 27.9 Å². The van der Waals surface area contributed by atoms with Crippen LogP contribution in [0.2, 0.25) is 0 Å². The van der Waals surface area contributed by atoms with E-state index in [1.807, 2.05) is 23.5 Å². The van der Waals surface area contributed by atoms with Crippen molar-refractivity contribution in [1.82, 2.24) is 0 Å². The van der Waals surface area contributed by atoms with Gasteiger partial charge in [0.25, 0.3) is 0 Å². The summed E-state index contributed by atoms with van der Waals surface area (Å²) in [5.41, 5.74) is 15.8. The lowest BCUT2D eigenvalue weighted by Gasteiger charge is -2.33. The normalized spacial score (nSPS) is 12.8. The highest BCUT2D eigenvalue weighted by Gasteiger charge is 2.47. The number of para-hydroxylation sites is 3. The van der Waals surface area contributed by atoms with Gasteiger partial charge >= 0.3 is 0 Å².